The van der Waals surface area contributed by atoms with Gasteiger partial charge in [-0.2, -0.15) is 0 Å². The van der Waals surface area contributed by atoms with Gasteiger partial charge in [0.1, 0.15) is 0 Å². The summed E-state index contributed by atoms with van der Waals surface area (Å²) in [5.74, 6) is -0.0594. The molecule has 7 heteroatoms. The first-order valence-corrected chi connectivity index (χ1v) is 8.22. The lowest BCUT2D eigenvalue weighted by atomic mass is 10.2. The first-order chi connectivity index (χ1) is 9.38. The molecule has 0 unspecified atom stereocenters. The average molecular weight is 310 g/mol. The van der Waals surface area contributed by atoms with Crippen molar-refractivity contribution in [1.82, 2.24) is 0 Å². The van der Waals surface area contributed by atoms with Crippen molar-refractivity contribution in [3.8, 4) is 0 Å². The zero-order valence-corrected chi connectivity index (χ0v) is 12.4. The Bertz CT molecular complexity index is 692. The van der Waals surface area contributed by atoms with E-state index in [1.165, 1.54) is 28.4 Å². The maximum absolute atomic E-state index is 12.1. The van der Waals surface area contributed by atoms with Gasteiger partial charge in [0, 0.05) is 17.6 Å². The summed E-state index contributed by atoms with van der Waals surface area (Å²) >= 11 is 1.53. The van der Waals surface area contributed by atoms with Gasteiger partial charge >= 0.3 is 0 Å². The summed E-state index contributed by atoms with van der Waals surface area (Å²) in [5, 5.41) is 6.95. The van der Waals surface area contributed by atoms with Gasteiger partial charge in [-0.15, -0.1) is 11.3 Å². The average Bonchev–Trinajstić information content (AvgIpc) is 2.90. The number of hydrogen-bond donors (Lipinski definition) is 1. The van der Waals surface area contributed by atoms with Gasteiger partial charge in [0.25, 0.3) is 0 Å². The Morgan fingerprint density at radius 1 is 1.25 bits per heavy atom. The first-order valence-electron chi connectivity index (χ1n) is 5.80. The normalized spacial score (nSPS) is 11.3. The summed E-state index contributed by atoms with van der Waals surface area (Å²) in [5.41, 5.74) is 0.624. The Kier molecular flexibility index (Phi) is 4.22. The van der Waals surface area contributed by atoms with Crippen LogP contribution in [-0.4, -0.2) is 21.4 Å². The number of amides is 1. The number of carbonyl (C=O) groups is 1. The van der Waals surface area contributed by atoms with Gasteiger partial charge in [0.15, 0.2) is 0 Å². The molecule has 1 aromatic carbocycles. The summed E-state index contributed by atoms with van der Waals surface area (Å²) in [6.45, 7) is 0. The van der Waals surface area contributed by atoms with Crippen LogP contribution in [0.3, 0.4) is 0 Å². The Morgan fingerprint density at radius 2 is 1.90 bits per heavy atom. The molecule has 0 atom stereocenters. The smallest absolute Gasteiger partial charge is 0.238 e. The van der Waals surface area contributed by atoms with Crippen LogP contribution in [0.25, 0.3) is 0 Å². The molecular weight excluding hydrogens is 296 g/mol. The molecule has 106 valence electrons. The van der Waals surface area contributed by atoms with Crippen molar-refractivity contribution < 1.29 is 13.2 Å². The van der Waals surface area contributed by atoms with E-state index in [1.807, 2.05) is 17.5 Å². The van der Waals surface area contributed by atoms with Crippen molar-refractivity contribution >= 4 is 33.0 Å². The fourth-order valence-corrected chi connectivity index (χ4v) is 2.90. The predicted molar refractivity (Wildman–Crippen MR) is 79.2 cm³/mol. The van der Waals surface area contributed by atoms with Crippen LogP contribution in [0.4, 0.5) is 5.69 Å². The van der Waals surface area contributed by atoms with Gasteiger partial charge < -0.3 is 4.90 Å². The van der Waals surface area contributed by atoms with Crippen molar-refractivity contribution in [2.45, 2.75) is 11.3 Å². The highest BCUT2D eigenvalue weighted by Gasteiger charge is 2.13. The molecule has 5 nitrogen and oxygen atoms in total. The number of rotatable bonds is 4. The van der Waals surface area contributed by atoms with Crippen LogP contribution in [0.2, 0.25) is 0 Å². The molecule has 2 rings (SSSR count). The number of primary sulfonamides is 1. The summed E-state index contributed by atoms with van der Waals surface area (Å²) in [6.07, 6.45) is 0.325. The molecule has 0 saturated carbocycles. The van der Waals surface area contributed by atoms with Crippen molar-refractivity contribution in [2.24, 2.45) is 5.14 Å². The molecule has 2 aromatic rings. The zero-order chi connectivity index (χ0) is 14.8. The lowest BCUT2D eigenvalue weighted by molar-refractivity contribution is -0.117. The van der Waals surface area contributed by atoms with Crippen LogP contribution in [0.15, 0.2) is 46.7 Å². The molecule has 0 spiro atoms. The van der Waals surface area contributed by atoms with Crippen LogP contribution in [-0.2, 0) is 21.2 Å². The Morgan fingerprint density at radius 3 is 2.40 bits per heavy atom. The van der Waals surface area contributed by atoms with Crippen LogP contribution >= 0.6 is 11.3 Å². The highest BCUT2D eigenvalue weighted by atomic mass is 32.2. The van der Waals surface area contributed by atoms with Gasteiger partial charge in [0.2, 0.25) is 15.9 Å². The van der Waals surface area contributed by atoms with E-state index >= 15 is 0 Å². The zero-order valence-electron chi connectivity index (χ0n) is 10.8. The van der Waals surface area contributed by atoms with Gasteiger partial charge in [-0.25, -0.2) is 13.6 Å². The molecule has 0 aliphatic heterocycles. The summed E-state index contributed by atoms with van der Waals surface area (Å²) in [7, 11) is -2.05. The van der Waals surface area contributed by atoms with Crippen LogP contribution in [0.1, 0.15) is 4.88 Å². The van der Waals surface area contributed by atoms with E-state index in [0.717, 1.165) is 4.88 Å². The maximum Gasteiger partial charge on any atom is 0.238 e. The first kappa shape index (κ1) is 14.7. The number of carbonyl (C=O) groups excluding carboxylic acids is 1. The fraction of sp³-hybridized carbons (Fsp3) is 0.154. The molecule has 20 heavy (non-hydrogen) atoms. The number of thiophene rings is 1. The number of anilines is 1. The molecule has 0 aliphatic carbocycles. The quantitative estimate of drug-likeness (QED) is 0.931. The van der Waals surface area contributed by atoms with Crippen LogP contribution in [0.5, 0.6) is 0 Å². The van der Waals surface area contributed by atoms with E-state index in [9.17, 15) is 13.2 Å². The minimum atomic E-state index is -3.71. The van der Waals surface area contributed by atoms with Crippen molar-refractivity contribution in [3.05, 3.63) is 46.7 Å². The molecule has 2 N–H and O–H groups in total. The minimum Gasteiger partial charge on any atom is -0.315 e. The van der Waals surface area contributed by atoms with Gasteiger partial charge in [-0.05, 0) is 35.7 Å². The Balaban J connectivity index is 2.13. The monoisotopic (exact) mass is 310 g/mol. The fourth-order valence-electron chi connectivity index (χ4n) is 1.68. The maximum atomic E-state index is 12.1. The second kappa shape index (κ2) is 5.74. The van der Waals surface area contributed by atoms with Crippen molar-refractivity contribution in [2.75, 3.05) is 11.9 Å². The summed E-state index contributed by atoms with van der Waals surface area (Å²) < 4.78 is 22.3. The van der Waals surface area contributed by atoms with E-state index in [2.05, 4.69) is 0 Å². The third-order valence-electron chi connectivity index (χ3n) is 2.83. The van der Waals surface area contributed by atoms with Crippen LogP contribution < -0.4 is 10.0 Å². The minimum absolute atomic E-state index is 0.0281. The highest BCUT2D eigenvalue weighted by molar-refractivity contribution is 7.89. The van der Waals surface area contributed by atoms with Gasteiger partial charge in [-0.1, -0.05) is 6.07 Å². The van der Waals surface area contributed by atoms with Gasteiger partial charge in [0.05, 0.1) is 11.3 Å². The largest absolute Gasteiger partial charge is 0.315 e. The lowest BCUT2D eigenvalue weighted by Crippen LogP contribution is -2.27. The molecular formula is C13H14N2O3S2. The number of hydrogen-bond acceptors (Lipinski definition) is 4. The summed E-state index contributed by atoms with van der Waals surface area (Å²) in [4.78, 5) is 14.6. The Labute approximate surface area is 121 Å². The third kappa shape index (κ3) is 3.44. The summed E-state index contributed by atoms with van der Waals surface area (Å²) in [6, 6.07) is 9.70. The van der Waals surface area contributed by atoms with E-state index in [0.29, 0.717) is 12.1 Å². The molecule has 0 saturated heterocycles. The molecule has 0 radical (unpaired) electrons. The van der Waals surface area contributed by atoms with E-state index in [-0.39, 0.29) is 10.8 Å². The molecule has 0 fully saturated rings. The molecule has 1 heterocycles. The van der Waals surface area contributed by atoms with E-state index in [4.69, 9.17) is 5.14 Å². The molecule has 1 aromatic heterocycles. The van der Waals surface area contributed by atoms with Crippen LogP contribution in [0, 0.1) is 0 Å². The highest BCUT2D eigenvalue weighted by Crippen LogP contribution is 2.18. The SMILES string of the molecule is CN(C(=O)Cc1cccs1)c1ccc(S(N)(=O)=O)cc1. The standard InChI is InChI=1S/C13H14N2O3S2/c1-15(13(16)9-11-3-2-8-19-11)10-4-6-12(7-5-10)20(14,17)18/h2-8H,9H2,1H3,(H2,14,17,18). The Hall–Kier alpha value is -1.70. The number of benzene rings is 1. The lowest BCUT2D eigenvalue weighted by Gasteiger charge is -2.17. The molecule has 0 bridgehead atoms. The third-order valence-corrected chi connectivity index (χ3v) is 4.64. The van der Waals surface area contributed by atoms with Gasteiger partial charge in [-0.3, -0.25) is 4.79 Å². The number of nitrogens with two attached hydrogens (primary N) is 1. The van der Waals surface area contributed by atoms with Crippen molar-refractivity contribution in [1.29, 1.82) is 0 Å². The predicted octanol–water partition coefficient (Wildman–Crippen LogP) is 1.60. The topological polar surface area (TPSA) is 80.5 Å². The number of nitrogens with zero attached hydrogens (tertiary/aromatic N) is 1. The number of sulfonamides is 1. The second-order valence-corrected chi connectivity index (χ2v) is 6.84. The van der Waals surface area contributed by atoms with E-state index in [1.54, 1.807) is 19.2 Å². The molecule has 0 aliphatic rings. The van der Waals surface area contributed by atoms with Crippen molar-refractivity contribution in [3.63, 3.8) is 0 Å². The van der Waals surface area contributed by atoms with E-state index < -0.39 is 10.0 Å². The molecule has 1 amide bonds. The second-order valence-electron chi connectivity index (χ2n) is 4.25. The number of likely N-dealkylation sites (N-methyl/N-ethyl adjacent to an activating group) is 1.